The minimum atomic E-state index is 0.412. The van der Waals surface area contributed by atoms with Crippen molar-refractivity contribution in [2.45, 2.75) is 19.0 Å². The Kier molecular flexibility index (Phi) is 3.72. The highest BCUT2D eigenvalue weighted by Crippen LogP contribution is 2.27. The van der Waals surface area contributed by atoms with Gasteiger partial charge >= 0.3 is 0 Å². The van der Waals surface area contributed by atoms with E-state index in [0.717, 1.165) is 11.3 Å². The molecule has 1 heterocycles. The van der Waals surface area contributed by atoms with E-state index in [9.17, 15) is 0 Å². The number of nitrogen functional groups attached to an aromatic ring is 1. The number of anilines is 1. The molecule has 0 aliphatic heterocycles. The molecule has 18 heavy (non-hydrogen) atoms. The normalized spacial score (nSPS) is 10.4. The van der Waals surface area contributed by atoms with Gasteiger partial charge in [-0.1, -0.05) is 23.9 Å². The number of hydrogen-bond donors (Lipinski definition) is 1. The van der Waals surface area contributed by atoms with Crippen molar-refractivity contribution in [2.24, 2.45) is 0 Å². The topological polar surface area (TPSA) is 61.0 Å². The van der Waals surface area contributed by atoms with Gasteiger partial charge < -0.3 is 10.5 Å². The Bertz CT molecular complexity index is 572. The monoisotopic (exact) mass is 261 g/mol. The molecule has 1 aromatic heterocycles. The highest BCUT2D eigenvalue weighted by atomic mass is 32.2. The minimum Gasteiger partial charge on any atom is -0.439 e. The van der Waals surface area contributed by atoms with E-state index in [0.29, 0.717) is 16.9 Å². The van der Waals surface area contributed by atoms with Crippen LogP contribution in [0.5, 0.6) is 11.6 Å². The highest BCUT2D eigenvalue weighted by molar-refractivity contribution is 7.98. The first-order valence-corrected chi connectivity index (χ1v) is 6.75. The lowest BCUT2D eigenvalue weighted by atomic mass is 10.1. The van der Waals surface area contributed by atoms with E-state index in [1.54, 1.807) is 6.07 Å². The summed E-state index contributed by atoms with van der Waals surface area (Å²) in [6.45, 7) is 4.06. The van der Waals surface area contributed by atoms with Crippen LogP contribution in [0.15, 0.2) is 29.4 Å². The standard InChI is InChI=1S/C13H15N3OS/c1-8-5-4-6-10(9(8)2)17-12-7-11(14)15-13(16-12)18-3/h4-7H,1-3H3,(H2,14,15,16). The maximum Gasteiger partial charge on any atom is 0.225 e. The predicted molar refractivity (Wildman–Crippen MR) is 74.2 cm³/mol. The van der Waals surface area contributed by atoms with Gasteiger partial charge in [0.1, 0.15) is 11.6 Å². The lowest BCUT2D eigenvalue weighted by Gasteiger charge is -2.10. The van der Waals surface area contributed by atoms with Crippen molar-refractivity contribution < 1.29 is 4.74 Å². The molecule has 2 rings (SSSR count). The molecule has 2 N–H and O–H groups in total. The van der Waals surface area contributed by atoms with E-state index in [-0.39, 0.29) is 0 Å². The molecule has 0 amide bonds. The number of thioether (sulfide) groups is 1. The summed E-state index contributed by atoms with van der Waals surface area (Å²) in [6.07, 6.45) is 1.90. The molecule has 1 aromatic carbocycles. The molecule has 2 aromatic rings. The quantitative estimate of drug-likeness (QED) is 0.679. The van der Waals surface area contributed by atoms with Crippen molar-refractivity contribution in [3.63, 3.8) is 0 Å². The van der Waals surface area contributed by atoms with Crippen LogP contribution in [0.25, 0.3) is 0 Å². The third kappa shape index (κ3) is 2.73. The molecular formula is C13H15N3OS. The molecule has 4 nitrogen and oxygen atoms in total. The fourth-order valence-electron chi connectivity index (χ4n) is 1.51. The van der Waals surface area contributed by atoms with Crippen molar-refractivity contribution in [3.05, 3.63) is 35.4 Å². The maximum atomic E-state index is 5.77. The Hall–Kier alpha value is -1.75. The molecule has 0 fully saturated rings. The summed E-state index contributed by atoms with van der Waals surface area (Å²) in [5.41, 5.74) is 7.99. The lowest BCUT2D eigenvalue weighted by Crippen LogP contribution is -1.98. The zero-order chi connectivity index (χ0) is 13.1. The number of hydrogen-bond acceptors (Lipinski definition) is 5. The van der Waals surface area contributed by atoms with Gasteiger partial charge in [-0.25, -0.2) is 4.98 Å². The molecule has 0 unspecified atom stereocenters. The number of benzene rings is 1. The number of rotatable bonds is 3. The fourth-order valence-corrected chi connectivity index (χ4v) is 1.89. The summed E-state index contributed by atoms with van der Waals surface area (Å²) >= 11 is 1.43. The molecule has 0 saturated carbocycles. The van der Waals surface area contributed by atoms with Crippen LogP contribution in [-0.2, 0) is 0 Å². The highest BCUT2D eigenvalue weighted by Gasteiger charge is 2.07. The van der Waals surface area contributed by atoms with Crippen molar-refractivity contribution in [2.75, 3.05) is 12.0 Å². The van der Waals surface area contributed by atoms with Crippen LogP contribution in [0.2, 0.25) is 0 Å². The van der Waals surface area contributed by atoms with Gasteiger partial charge in [0, 0.05) is 6.07 Å². The van der Waals surface area contributed by atoms with Gasteiger partial charge in [-0.2, -0.15) is 4.98 Å². The molecule has 0 saturated heterocycles. The molecule has 0 atom stereocenters. The van der Waals surface area contributed by atoms with E-state index >= 15 is 0 Å². The summed E-state index contributed by atoms with van der Waals surface area (Å²) in [4.78, 5) is 8.35. The van der Waals surface area contributed by atoms with Crippen molar-refractivity contribution in [1.82, 2.24) is 9.97 Å². The lowest BCUT2D eigenvalue weighted by molar-refractivity contribution is 0.452. The maximum absolute atomic E-state index is 5.77. The third-order valence-corrected chi connectivity index (χ3v) is 3.20. The van der Waals surface area contributed by atoms with E-state index in [1.807, 2.05) is 38.3 Å². The summed E-state index contributed by atoms with van der Waals surface area (Å²) < 4.78 is 5.77. The Labute approximate surface area is 111 Å². The van der Waals surface area contributed by atoms with Gasteiger partial charge in [0.15, 0.2) is 5.16 Å². The van der Waals surface area contributed by atoms with Crippen LogP contribution in [-0.4, -0.2) is 16.2 Å². The van der Waals surface area contributed by atoms with Gasteiger partial charge in [-0.15, -0.1) is 0 Å². The molecule has 0 spiro atoms. The molecule has 5 heteroatoms. The van der Waals surface area contributed by atoms with Gasteiger partial charge in [-0.3, -0.25) is 0 Å². The van der Waals surface area contributed by atoms with Gasteiger partial charge in [0.05, 0.1) is 0 Å². The second-order valence-electron chi connectivity index (χ2n) is 3.92. The van der Waals surface area contributed by atoms with Crippen LogP contribution in [0.1, 0.15) is 11.1 Å². The molecule has 0 aliphatic rings. The smallest absolute Gasteiger partial charge is 0.225 e. The number of ether oxygens (including phenoxy) is 1. The van der Waals surface area contributed by atoms with E-state index in [1.165, 1.54) is 17.3 Å². The second kappa shape index (κ2) is 5.27. The summed E-state index contributed by atoms with van der Waals surface area (Å²) in [7, 11) is 0. The van der Waals surface area contributed by atoms with E-state index in [4.69, 9.17) is 10.5 Å². The van der Waals surface area contributed by atoms with Crippen molar-refractivity contribution >= 4 is 17.6 Å². The molecule has 94 valence electrons. The van der Waals surface area contributed by atoms with Gasteiger partial charge in [0.2, 0.25) is 5.88 Å². The predicted octanol–water partition coefficient (Wildman–Crippen LogP) is 3.19. The Morgan fingerprint density at radius 2 is 2.00 bits per heavy atom. The second-order valence-corrected chi connectivity index (χ2v) is 4.69. The number of aryl methyl sites for hydroxylation is 1. The van der Waals surface area contributed by atoms with Crippen LogP contribution >= 0.6 is 11.8 Å². The molecular weight excluding hydrogens is 246 g/mol. The average Bonchev–Trinajstić information content (AvgIpc) is 2.34. The van der Waals surface area contributed by atoms with Crippen LogP contribution in [0.3, 0.4) is 0 Å². The largest absolute Gasteiger partial charge is 0.439 e. The van der Waals surface area contributed by atoms with E-state index < -0.39 is 0 Å². The summed E-state index contributed by atoms with van der Waals surface area (Å²) in [6, 6.07) is 7.54. The van der Waals surface area contributed by atoms with Crippen LogP contribution < -0.4 is 10.5 Å². The first kappa shape index (κ1) is 12.7. The number of nitrogens with zero attached hydrogens (tertiary/aromatic N) is 2. The first-order valence-electron chi connectivity index (χ1n) is 5.53. The van der Waals surface area contributed by atoms with Crippen LogP contribution in [0, 0.1) is 13.8 Å². The SMILES string of the molecule is CSc1nc(N)cc(Oc2cccc(C)c2C)n1. The zero-order valence-corrected chi connectivity index (χ0v) is 11.4. The van der Waals surface area contributed by atoms with Gasteiger partial charge in [0.25, 0.3) is 0 Å². The Morgan fingerprint density at radius 1 is 1.22 bits per heavy atom. The molecule has 0 radical (unpaired) electrons. The summed E-state index contributed by atoms with van der Waals surface area (Å²) in [5.74, 6) is 1.68. The molecule has 0 aliphatic carbocycles. The Balaban J connectivity index is 2.34. The first-order chi connectivity index (χ1) is 8.60. The number of nitrogens with two attached hydrogens (primary N) is 1. The molecule has 0 bridgehead atoms. The summed E-state index contributed by atoms with van der Waals surface area (Å²) in [5, 5.41) is 0.607. The van der Waals surface area contributed by atoms with Crippen LogP contribution in [0.4, 0.5) is 5.82 Å². The minimum absolute atomic E-state index is 0.412. The Morgan fingerprint density at radius 3 is 2.72 bits per heavy atom. The third-order valence-electron chi connectivity index (χ3n) is 2.65. The fraction of sp³-hybridized carbons (Fsp3) is 0.231. The zero-order valence-electron chi connectivity index (χ0n) is 10.6. The van der Waals surface area contributed by atoms with E-state index in [2.05, 4.69) is 9.97 Å². The average molecular weight is 261 g/mol. The van der Waals surface area contributed by atoms with Crippen molar-refractivity contribution in [3.8, 4) is 11.6 Å². The van der Waals surface area contributed by atoms with Gasteiger partial charge in [-0.05, 0) is 37.3 Å². The van der Waals surface area contributed by atoms with Crippen molar-refractivity contribution in [1.29, 1.82) is 0 Å². The number of aromatic nitrogens is 2.